The number of aliphatic imine (C=N–C) groups is 2. The minimum Gasteiger partial charge on any atom is -0.338 e. The van der Waals surface area contributed by atoms with E-state index in [0.29, 0.717) is 36.1 Å². The molecule has 3 amide bonds. The molecule has 0 radical (unpaired) electrons. The molecule has 0 aliphatic carbocycles. The van der Waals surface area contributed by atoms with Crippen LogP contribution in [0.5, 0.6) is 0 Å². The number of urea groups is 1. The Kier molecular flexibility index (Phi) is 5.48. The molecule has 1 aromatic heterocycles. The predicted molar refractivity (Wildman–Crippen MR) is 93.6 cm³/mol. The molecule has 0 spiro atoms. The van der Waals surface area contributed by atoms with Gasteiger partial charge in [-0.05, 0) is 26.2 Å². The summed E-state index contributed by atoms with van der Waals surface area (Å²) in [6, 6.07) is 1.37. The van der Waals surface area contributed by atoms with Gasteiger partial charge in [-0.25, -0.2) is 9.79 Å². The molecule has 0 saturated heterocycles. The van der Waals surface area contributed by atoms with E-state index in [1.165, 1.54) is 4.68 Å². The lowest BCUT2D eigenvalue weighted by Gasteiger charge is -2.17. The van der Waals surface area contributed by atoms with E-state index in [1.54, 1.807) is 19.9 Å². The van der Waals surface area contributed by atoms with Crippen LogP contribution in [0.25, 0.3) is 0 Å². The van der Waals surface area contributed by atoms with E-state index >= 15 is 0 Å². The van der Waals surface area contributed by atoms with Crippen molar-refractivity contribution in [1.82, 2.24) is 15.1 Å². The number of anilines is 1. The first kappa shape index (κ1) is 17.8. The zero-order valence-corrected chi connectivity index (χ0v) is 14.8. The predicted octanol–water partition coefficient (Wildman–Crippen LogP) is 2.20. The first-order valence-corrected chi connectivity index (χ1v) is 8.11. The Morgan fingerprint density at radius 1 is 1.33 bits per heavy atom. The molecular weight excluding hydrogens is 308 g/mol. The molecule has 130 valence electrons. The molecule has 0 bridgehead atoms. The molecular formula is C16H24N6O2. The van der Waals surface area contributed by atoms with Gasteiger partial charge in [-0.15, -0.1) is 0 Å². The number of carbonyl (C=O) groups is 2. The number of aryl methyl sites for hydroxylation is 1. The number of aromatic nitrogens is 2. The number of hydrogen-bond donors (Lipinski definition) is 2. The van der Waals surface area contributed by atoms with Crippen molar-refractivity contribution in [2.45, 2.75) is 41.0 Å². The maximum Gasteiger partial charge on any atom is 0.320 e. The quantitative estimate of drug-likeness (QED) is 0.883. The minimum absolute atomic E-state index is 0.175. The van der Waals surface area contributed by atoms with Crippen LogP contribution in [0, 0.1) is 18.8 Å². The zero-order chi connectivity index (χ0) is 17.9. The van der Waals surface area contributed by atoms with Gasteiger partial charge < -0.3 is 5.32 Å². The van der Waals surface area contributed by atoms with E-state index in [4.69, 9.17) is 0 Å². The largest absolute Gasteiger partial charge is 0.338 e. The summed E-state index contributed by atoms with van der Waals surface area (Å²) in [4.78, 5) is 32.5. The second-order valence-electron chi connectivity index (χ2n) is 6.28. The fourth-order valence-electron chi connectivity index (χ4n) is 2.38. The molecule has 0 fully saturated rings. The Morgan fingerprint density at radius 2 is 2.04 bits per heavy atom. The summed E-state index contributed by atoms with van der Waals surface area (Å²) in [7, 11) is 0. The van der Waals surface area contributed by atoms with Crippen molar-refractivity contribution in [3.05, 3.63) is 11.8 Å². The maximum absolute atomic E-state index is 12.1. The van der Waals surface area contributed by atoms with Crippen molar-refractivity contribution in [1.29, 1.82) is 0 Å². The van der Waals surface area contributed by atoms with Crippen LogP contribution in [0.3, 0.4) is 0 Å². The van der Waals surface area contributed by atoms with Gasteiger partial charge in [-0.2, -0.15) is 14.8 Å². The number of carbonyl (C=O) groups excluding carboxylic acids is 2. The van der Waals surface area contributed by atoms with Gasteiger partial charge >= 0.3 is 6.03 Å². The minimum atomic E-state index is -0.334. The third-order valence-electron chi connectivity index (χ3n) is 3.63. The molecule has 2 N–H and O–H groups in total. The fourth-order valence-corrected chi connectivity index (χ4v) is 2.38. The highest BCUT2D eigenvalue weighted by atomic mass is 16.2. The number of nitrogens with zero attached hydrogens (tertiary/aromatic N) is 4. The van der Waals surface area contributed by atoms with Crippen molar-refractivity contribution in [2.75, 3.05) is 11.9 Å². The second kappa shape index (κ2) is 7.37. The fraction of sp³-hybridized carbons (Fsp3) is 0.562. The Morgan fingerprint density at radius 3 is 2.62 bits per heavy atom. The zero-order valence-electron chi connectivity index (χ0n) is 14.8. The molecule has 0 saturated carbocycles. The average Bonchev–Trinajstić information content (AvgIpc) is 2.85. The summed E-state index contributed by atoms with van der Waals surface area (Å²) < 4.78 is 1.39. The Labute approximate surface area is 141 Å². The van der Waals surface area contributed by atoms with Gasteiger partial charge in [0.05, 0.1) is 11.6 Å². The van der Waals surface area contributed by atoms with Crippen molar-refractivity contribution < 1.29 is 9.59 Å². The molecule has 8 nitrogen and oxygen atoms in total. The van der Waals surface area contributed by atoms with Gasteiger partial charge in [-0.1, -0.05) is 20.8 Å². The summed E-state index contributed by atoms with van der Waals surface area (Å²) in [5.74, 6) is 0.432. The highest BCUT2D eigenvalue weighted by Gasteiger charge is 2.26. The Balaban J connectivity index is 2.23. The van der Waals surface area contributed by atoms with E-state index in [1.807, 2.05) is 20.8 Å². The van der Waals surface area contributed by atoms with Gasteiger partial charge in [0.1, 0.15) is 5.82 Å². The Bertz CT molecular complexity index is 701. The monoisotopic (exact) mass is 332 g/mol. The third-order valence-corrected chi connectivity index (χ3v) is 3.63. The van der Waals surface area contributed by atoms with E-state index in [9.17, 15) is 9.59 Å². The molecule has 24 heavy (non-hydrogen) atoms. The summed E-state index contributed by atoms with van der Waals surface area (Å²) in [5, 5.41) is 9.78. The number of amides is 3. The molecule has 2 heterocycles. The van der Waals surface area contributed by atoms with E-state index in [-0.39, 0.29) is 23.8 Å². The van der Waals surface area contributed by atoms with Gasteiger partial charge in [0.2, 0.25) is 0 Å². The second-order valence-corrected chi connectivity index (χ2v) is 6.28. The van der Waals surface area contributed by atoms with E-state index in [0.717, 1.165) is 0 Å². The smallest absolute Gasteiger partial charge is 0.320 e. The molecule has 0 aromatic carbocycles. The topological polar surface area (TPSA) is 101 Å². The third kappa shape index (κ3) is 4.06. The van der Waals surface area contributed by atoms with Crippen LogP contribution < -0.4 is 10.6 Å². The van der Waals surface area contributed by atoms with Gasteiger partial charge in [0, 0.05) is 18.3 Å². The lowest BCUT2D eigenvalue weighted by Crippen LogP contribution is -2.34. The summed E-state index contributed by atoms with van der Waals surface area (Å²) in [6.45, 7) is 10.1. The molecule has 8 heteroatoms. The molecule has 1 unspecified atom stereocenters. The first-order valence-electron chi connectivity index (χ1n) is 8.11. The van der Waals surface area contributed by atoms with Crippen molar-refractivity contribution in [3.63, 3.8) is 0 Å². The summed E-state index contributed by atoms with van der Waals surface area (Å²) in [6.07, 6.45) is 0.659. The normalized spacial score (nSPS) is 17.6. The highest BCUT2D eigenvalue weighted by Crippen LogP contribution is 2.17. The average molecular weight is 332 g/mol. The van der Waals surface area contributed by atoms with E-state index in [2.05, 4.69) is 25.7 Å². The van der Waals surface area contributed by atoms with Crippen molar-refractivity contribution in [3.8, 4) is 0 Å². The van der Waals surface area contributed by atoms with Gasteiger partial charge in [-0.3, -0.25) is 10.1 Å². The standard InChI is InChI=1S/C16H24N6O2/c1-6-12-11(5)18-15(20-14(12)23)22-13(7-10(4)21-22)19-16(24)17-8-9(2)3/h7,9,12H,6,8H2,1-5H3,(H2,17,19,24). The van der Waals surface area contributed by atoms with Crippen LogP contribution in [-0.4, -0.2) is 39.9 Å². The lowest BCUT2D eigenvalue weighted by atomic mass is 10.00. The van der Waals surface area contributed by atoms with Crippen LogP contribution >= 0.6 is 0 Å². The van der Waals surface area contributed by atoms with Gasteiger partial charge in [0.25, 0.3) is 11.9 Å². The maximum atomic E-state index is 12.1. The molecule has 1 aliphatic heterocycles. The lowest BCUT2D eigenvalue weighted by molar-refractivity contribution is -0.119. The SMILES string of the molecule is CCC1C(=O)N=C(n2nc(C)cc2NC(=O)NCC(C)C)N=C1C. The number of hydrogen-bond acceptors (Lipinski definition) is 4. The van der Waals surface area contributed by atoms with Crippen molar-refractivity contribution in [2.24, 2.45) is 21.8 Å². The molecule has 1 aromatic rings. The van der Waals surface area contributed by atoms with Crippen molar-refractivity contribution >= 4 is 29.4 Å². The number of nitrogens with one attached hydrogen (secondary N) is 2. The van der Waals surface area contributed by atoms with Crippen LogP contribution in [0.15, 0.2) is 16.1 Å². The highest BCUT2D eigenvalue weighted by molar-refractivity contribution is 6.15. The van der Waals surface area contributed by atoms with Gasteiger partial charge in [0.15, 0.2) is 0 Å². The number of rotatable bonds is 4. The summed E-state index contributed by atoms with van der Waals surface area (Å²) >= 11 is 0. The molecule has 2 rings (SSSR count). The van der Waals surface area contributed by atoms with Crippen LogP contribution in [0.4, 0.5) is 10.6 Å². The van der Waals surface area contributed by atoms with E-state index < -0.39 is 0 Å². The summed E-state index contributed by atoms with van der Waals surface area (Å²) in [5.41, 5.74) is 1.39. The molecule has 1 atom stereocenters. The van der Waals surface area contributed by atoms with Crippen LogP contribution in [0.2, 0.25) is 0 Å². The molecule has 1 aliphatic rings. The van der Waals surface area contributed by atoms with Crippen LogP contribution in [-0.2, 0) is 4.79 Å². The Hall–Kier alpha value is -2.51. The first-order chi connectivity index (χ1) is 11.3. The van der Waals surface area contributed by atoms with Crippen LogP contribution in [0.1, 0.15) is 39.8 Å².